The maximum Gasteiger partial charge on any atom is 0.323 e. The number of benzene rings is 6. The van der Waals surface area contributed by atoms with Gasteiger partial charge < -0.3 is 30.3 Å². The van der Waals surface area contributed by atoms with Crippen molar-refractivity contribution in [2.45, 2.75) is 9.79 Å². The minimum atomic E-state index is -4.91. The molecule has 0 radical (unpaired) electrons. The van der Waals surface area contributed by atoms with Gasteiger partial charge in [-0.1, -0.05) is 0 Å². The van der Waals surface area contributed by atoms with Crippen LogP contribution in [-0.4, -0.2) is 56.4 Å². The topological polar surface area (TPSA) is 258 Å². The number of carbonyl (C=O) groups is 1. The molecule has 0 fully saturated rings. The van der Waals surface area contributed by atoms with Crippen LogP contribution in [0.1, 0.15) is 0 Å². The number of fused-ring (bicyclic) bond motifs is 2. The summed E-state index contributed by atoms with van der Waals surface area (Å²) in [5, 5.41) is 43.2. The van der Waals surface area contributed by atoms with Crippen molar-refractivity contribution < 1.29 is 50.4 Å². The number of nitrogens with one attached hydrogen (secondary N) is 2. The van der Waals surface area contributed by atoms with E-state index in [1.54, 1.807) is 48.5 Å². The van der Waals surface area contributed by atoms with Crippen molar-refractivity contribution >= 4 is 81.9 Å². The van der Waals surface area contributed by atoms with Crippen LogP contribution in [0.3, 0.4) is 0 Å². The molecule has 0 saturated heterocycles. The van der Waals surface area contributed by atoms with Gasteiger partial charge in [-0.05, 0) is 108 Å². The molecular weight excluding hydrogens is 745 g/mol. The Morgan fingerprint density at radius 3 is 1.26 bits per heavy atom. The van der Waals surface area contributed by atoms with Gasteiger partial charge in [-0.3, -0.25) is 9.11 Å². The van der Waals surface area contributed by atoms with Gasteiger partial charge >= 0.3 is 6.03 Å². The summed E-state index contributed by atoms with van der Waals surface area (Å²) >= 11 is 0. The minimum absolute atomic E-state index is 0.111. The number of hydrogen-bond donors (Lipinski definition) is 6. The van der Waals surface area contributed by atoms with Gasteiger partial charge in [-0.25, -0.2) is 4.79 Å². The molecule has 0 saturated carbocycles. The monoisotopic (exact) mass is 772 g/mol. The fraction of sp³-hybridized carbons (Fsp3) is 0.0571. The summed E-state index contributed by atoms with van der Waals surface area (Å²) in [6.07, 6.45) is 0. The van der Waals surface area contributed by atoms with Crippen LogP contribution < -0.4 is 20.1 Å². The fourth-order valence-corrected chi connectivity index (χ4v) is 6.57. The molecule has 6 rings (SSSR count). The highest BCUT2D eigenvalue weighted by atomic mass is 32.2. The van der Waals surface area contributed by atoms with Crippen molar-refractivity contribution in [3.05, 3.63) is 97.1 Å². The van der Waals surface area contributed by atoms with E-state index in [4.69, 9.17) is 9.47 Å². The Morgan fingerprint density at radius 1 is 0.556 bits per heavy atom. The van der Waals surface area contributed by atoms with E-state index in [1.165, 1.54) is 50.6 Å². The minimum Gasteiger partial charge on any atom is -0.505 e. The molecule has 0 aliphatic carbocycles. The van der Waals surface area contributed by atoms with Crippen LogP contribution in [0.4, 0.5) is 38.9 Å². The first-order chi connectivity index (χ1) is 25.6. The number of carbonyl (C=O) groups excluding carboxylic acids is 1. The highest BCUT2D eigenvalue weighted by Crippen LogP contribution is 2.43. The zero-order valence-electron chi connectivity index (χ0n) is 28.0. The van der Waals surface area contributed by atoms with E-state index in [2.05, 4.69) is 31.1 Å². The lowest BCUT2D eigenvalue weighted by molar-refractivity contribution is 0.262. The lowest BCUT2D eigenvalue weighted by Gasteiger charge is -2.13. The lowest BCUT2D eigenvalue weighted by atomic mass is 10.1. The second kappa shape index (κ2) is 14.8. The van der Waals surface area contributed by atoms with Gasteiger partial charge in [0.1, 0.15) is 32.7 Å². The Hall–Kier alpha value is -6.67. The number of phenolic OH excluding ortho intramolecular Hbond substituents is 2. The average molecular weight is 773 g/mol. The van der Waals surface area contributed by atoms with Gasteiger partial charge in [-0.2, -0.15) is 27.1 Å². The van der Waals surface area contributed by atoms with Gasteiger partial charge in [0.15, 0.2) is 11.5 Å². The summed E-state index contributed by atoms with van der Waals surface area (Å²) in [5.74, 6) is -0.0955. The molecule has 6 aromatic rings. The Labute approximate surface area is 306 Å². The number of rotatable bonds is 10. The summed E-state index contributed by atoms with van der Waals surface area (Å²) in [4.78, 5) is 11.5. The van der Waals surface area contributed by atoms with E-state index in [-0.39, 0.29) is 32.9 Å². The zero-order valence-corrected chi connectivity index (χ0v) is 29.6. The first kappa shape index (κ1) is 37.1. The Bertz CT molecular complexity index is 2540. The lowest BCUT2D eigenvalue weighted by Crippen LogP contribution is -2.19. The second-order valence-corrected chi connectivity index (χ2v) is 14.1. The van der Waals surface area contributed by atoms with Gasteiger partial charge in [0.25, 0.3) is 20.2 Å². The van der Waals surface area contributed by atoms with E-state index in [0.29, 0.717) is 22.9 Å². The first-order valence-electron chi connectivity index (χ1n) is 15.4. The largest absolute Gasteiger partial charge is 0.505 e. The van der Waals surface area contributed by atoms with Crippen LogP contribution in [0, 0.1) is 0 Å². The number of aromatic hydroxyl groups is 2. The summed E-state index contributed by atoms with van der Waals surface area (Å²) < 4.78 is 79.3. The molecule has 0 heterocycles. The SMILES string of the molecule is COc1ccc(N=Nc2c(S(=O)(=O)O)cc3cc(NC(=O)Nc4ccc5c(O)c(N=Nc6ccc(OC)cc6)c(S(=O)(=O)O)cc5c4)ccc3c2O)cc1. The van der Waals surface area contributed by atoms with E-state index < -0.39 is 58.9 Å². The van der Waals surface area contributed by atoms with Gasteiger partial charge in [0, 0.05) is 22.1 Å². The number of nitrogens with zero attached hydrogens (tertiary/aromatic N) is 4. The smallest absolute Gasteiger partial charge is 0.323 e. The molecule has 19 heteroatoms. The molecule has 0 aromatic heterocycles. The number of urea groups is 1. The van der Waals surface area contributed by atoms with Crippen LogP contribution in [0.2, 0.25) is 0 Å². The molecule has 0 aliphatic heterocycles. The molecule has 54 heavy (non-hydrogen) atoms. The predicted octanol–water partition coefficient (Wildman–Crippen LogP) is 8.39. The molecule has 0 aliphatic rings. The zero-order chi connectivity index (χ0) is 38.8. The maximum atomic E-state index is 13.0. The number of anilines is 2. The summed E-state index contributed by atoms with van der Waals surface area (Å²) in [7, 11) is -6.86. The van der Waals surface area contributed by atoms with Gasteiger partial charge in [0.2, 0.25) is 0 Å². The van der Waals surface area contributed by atoms with Crippen molar-refractivity contribution in [3.63, 3.8) is 0 Å². The van der Waals surface area contributed by atoms with Crippen molar-refractivity contribution in [3.8, 4) is 23.0 Å². The van der Waals surface area contributed by atoms with Crippen LogP contribution in [0.15, 0.2) is 127 Å². The van der Waals surface area contributed by atoms with Crippen LogP contribution in [0.25, 0.3) is 21.5 Å². The molecule has 2 amide bonds. The van der Waals surface area contributed by atoms with E-state index in [9.17, 15) is 40.9 Å². The van der Waals surface area contributed by atoms with Gasteiger partial charge in [0.05, 0.1) is 25.6 Å². The number of azo groups is 2. The van der Waals surface area contributed by atoms with Crippen LogP contribution in [-0.2, 0) is 20.2 Å². The third kappa shape index (κ3) is 8.03. The highest BCUT2D eigenvalue weighted by molar-refractivity contribution is 7.86. The molecule has 6 N–H and O–H groups in total. The van der Waals surface area contributed by atoms with E-state index >= 15 is 0 Å². The van der Waals surface area contributed by atoms with E-state index in [1.807, 2.05) is 0 Å². The molecule has 0 atom stereocenters. The third-order valence-electron chi connectivity index (χ3n) is 7.85. The quantitative estimate of drug-likeness (QED) is 0.0569. The molecular formula is C35H28N6O11S2. The molecule has 0 bridgehead atoms. The molecule has 6 aromatic carbocycles. The Kier molecular flexibility index (Phi) is 10.1. The Balaban J connectivity index is 1.26. The molecule has 0 spiro atoms. The first-order valence-corrected chi connectivity index (χ1v) is 18.3. The normalized spacial score (nSPS) is 12.1. The molecule has 276 valence electrons. The number of ether oxygens (including phenoxy) is 2. The molecule has 0 unspecified atom stereocenters. The second-order valence-electron chi connectivity index (χ2n) is 11.3. The van der Waals surface area contributed by atoms with Crippen molar-refractivity contribution in [1.29, 1.82) is 0 Å². The van der Waals surface area contributed by atoms with Crippen molar-refractivity contribution in [1.82, 2.24) is 0 Å². The number of hydrogen-bond acceptors (Lipinski definition) is 13. The fourth-order valence-electron chi connectivity index (χ4n) is 5.25. The number of phenols is 2. The van der Waals surface area contributed by atoms with Crippen molar-refractivity contribution in [2.24, 2.45) is 20.5 Å². The Morgan fingerprint density at radius 2 is 0.926 bits per heavy atom. The third-order valence-corrected chi connectivity index (χ3v) is 9.58. The predicted molar refractivity (Wildman–Crippen MR) is 198 cm³/mol. The summed E-state index contributed by atoms with van der Waals surface area (Å²) in [6.45, 7) is 0. The van der Waals surface area contributed by atoms with Crippen LogP contribution in [0.5, 0.6) is 23.0 Å². The molecule has 17 nitrogen and oxygen atoms in total. The number of amides is 2. The standard InChI is InChI=1S/C35H28N6O11S2/c1-51-25-9-3-21(4-10-25)38-40-31-29(53(45,46)47)17-19-15-23(7-13-27(19)33(31)42)36-35(44)37-24-8-14-28-20(16-24)18-30(54(48,49)50)32(34(28)43)41-39-22-5-11-26(52-2)12-6-22/h3-18,42-43H,1-2H3,(H2,36,37,44)(H,45,46,47)(H,48,49,50). The van der Waals surface area contributed by atoms with Gasteiger partial charge in [-0.15, -0.1) is 10.2 Å². The summed E-state index contributed by atoms with van der Waals surface area (Å²) in [6, 6.07) is 22.2. The van der Waals surface area contributed by atoms with Crippen LogP contribution >= 0.6 is 0 Å². The number of methoxy groups -OCH3 is 2. The van der Waals surface area contributed by atoms with Crippen molar-refractivity contribution in [2.75, 3.05) is 24.9 Å². The highest BCUT2D eigenvalue weighted by Gasteiger charge is 2.24. The van der Waals surface area contributed by atoms with E-state index in [0.717, 1.165) is 12.1 Å². The summed E-state index contributed by atoms with van der Waals surface area (Å²) in [5.41, 5.74) is -0.112. The maximum absolute atomic E-state index is 13.0. The average Bonchev–Trinajstić information content (AvgIpc) is 3.13.